The van der Waals surface area contributed by atoms with Gasteiger partial charge in [0.05, 0.1) is 61.5 Å². The van der Waals surface area contributed by atoms with Crippen LogP contribution in [0, 0.1) is 29.6 Å². The van der Waals surface area contributed by atoms with Gasteiger partial charge in [0.2, 0.25) is 0 Å². The van der Waals surface area contributed by atoms with Crippen LogP contribution >= 0.6 is 0 Å². The number of fused-ring (bicyclic) bond motifs is 2. The van der Waals surface area contributed by atoms with Crippen LogP contribution < -0.4 is 0 Å². The maximum absolute atomic E-state index is 14.4. The van der Waals surface area contributed by atoms with Gasteiger partial charge < -0.3 is 67.8 Å². The van der Waals surface area contributed by atoms with E-state index in [1.54, 1.807) is 40.2 Å². The molecule has 0 amide bonds. The summed E-state index contributed by atoms with van der Waals surface area (Å²) in [4.78, 5) is 14.4. The van der Waals surface area contributed by atoms with Crippen LogP contribution in [-0.2, 0) is 52.2 Å². The number of aliphatic hydroxyl groups excluding tert-OH is 3. The number of methoxy groups -OCH3 is 2. The molecule has 7 aliphatic rings. The molecule has 7 rings (SSSR count). The molecule has 0 radical (unpaired) electrons. The van der Waals surface area contributed by atoms with E-state index in [-0.39, 0.29) is 36.9 Å². The van der Waals surface area contributed by atoms with Crippen molar-refractivity contribution < 1.29 is 72.6 Å². The first-order valence-electron chi connectivity index (χ1n) is 23.3. The maximum atomic E-state index is 14.4. The van der Waals surface area contributed by atoms with Gasteiger partial charge in [0.25, 0.3) is 0 Å². The Kier molecular flexibility index (Phi) is 15.5. The number of hydrogen-bond acceptors (Lipinski definition) is 15. The summed E-state index contributed by atoms with van der Waals surface area (Å²) in [6.07, 6.45) is 4.44. The van der Waals surface area contributed by atoms with Crippen LogP contribution in [0.5, 0.6) is 0 Å². The highest BCUT2D eigenvalue weighted by molar-refractivity contribution is 5.77. The van der Waals surface area contributed by atoms with E-state index >= 15 is 0 Å². The standard InChI is InChI=1S/C48H74O15/c1-11-24(2)43-27(5)17-18-47(63-43)22-33-19-32(62-47)16-15-26(4)42(60-37-21-35(55-10)44(30(8)58-37)61-36-20-34(54-9)41(51)29(7)57-36)25(3)13-12-14-31-23-56-45-40(50)28(6)39(49)38(46(52)59-33)48(31,45)53/h12-15,17-18,24-25,27-30,32-45,49-51,53H,11,16,19-23H2,1-10H3/b13-12+,26-15+,31-14+/t24-,25-,27-,28+,29-,30-,32+,33-,34-,35-,36-,37-,38-,39+,40+,41-,42-,43+,44-,45+,47+,48+/m0/s1. The molecule has 4 N–H and O–H groups in total. The molecule has 15 nitrogen and oxygen atoms in total. The van der Waals surface area contributed by atoms with Gasteiger partial charge in [0.15, 0.2) is 18.4 Å². The molecule has 22 atom stereocenters. The third-order valence-electron chi connectivity index (χ3n) is 15.1. The van der Waals surface area contributed by atoms with Gasteiger partial charge in [-0.25, -0.2) is 0 Å². The van der Waals surface area contributed by atoms with Gasteiger partial charge >= 0.3 is 5.97 Å². The lowest BCUT2D eigenvalue weighted by Crippen LogP contribution is -2.66. The average molecular weight is 891 g/mol. The van der Waals surface area contributed by atoms with E-state index in [9.17, 15) is 25.2 Å². The Bertz CT molecular complexity index is 1700. The summed E-state index contributed by atoms with van der Waals surface area (Å²) < 4.78 is 63.5. The summed E-state index contributed by atoms with van der Waals surface area (Å²) in [5.74, 6) is -3.99. The Labute approximate surface area is 373 Å². The first kappa shape index (κ1) is 48.8. The molecule has 0 aromatic carbocycles. The maximum Gasteiger partial charge on any atom is 0.315 e. The quantitative estimate of drug-likeness (QED) is 0.198. The van der Waals surface area contributed by atoms with Crippen molar-refractivity contribution in [1.82, 2.24) is 0 Å². The van der Waals surface area contributed by atoms with Crippen LogP contribution in [0.15, 0.2) is 47.6 Å². The fourth-order valence-corrected chi connectivity index (χ4v) is 11.0. The van der Waals surface area contributed by atoms with Crippen LogP contribution in [-0.4, -0.2) is 151 Å². The predicted octanol–water partition coefficient (Wildman–Crippen LogP) is 4.43. The molecular formula is C48H74O15. The number of allylic oxidation sites excluding steroid dienone is 2. The molecule has 15 heteroatoms. The van der Waals surface area contributed by atoms with E-state index in [0.29, 0.717) is 31.3 Å². The molecular weight excluding hydrogens is 817 g/mol. The third kappa shape index (κ3) is 9.84. The minimum Gasteiger partial charge on any atom is -0.462 e. The van der Waals surface area contributed by atoms with Gasteiger partial charge in [-0.3, -0.25) is 4.79 Å². The molecule has 2 bridgehead atoms. The van der Waals surface area contributed by atoms with E-state index in [1.165, 1.54) is 0 Å². The highest BCUT2D eigenvalue weighted by Gasteiger charge is 2.65. The van der Waals surface area contributed by atoms with Gasteiger partial charge in [-0.1, -0.05) is 71.4 Å². The zero-order chi connectivity index (χ0) is 45.5. The number of rotatable bonds is 8. The number of esters is 1. The number of hydrogen-bond donors (Lipinski definition) is 4. The van der Waals surface area contributed by atoms with Crippen molar-refractivity contribution >= 4 is 5.97 Å². The van der Waals surface area contributed by atoms with Gasteiger partial charge in [0.1, 0.15) is 35.9 Å². The Hall–Kier alpha value is -2.09. The lowest BCUT2D eigenvalue weighted by Gasteiger charge is -2.49. The normalized spacial score (nSPS) is 51.0. The summed E-state index contributed by atoms with van der Waals surface area (Å²) in [5, 5.41) is 46.0. The van der Waals surface area contributed by atoms with Crippen molar-refractivity contribution in [3.63, 3.8) is 0 Å². The molecule has 5 fully saturated rings. The predicted molar refractivity (Wildman–Crippen MR) is 229 cm³/mol. The Morgan fingerprint density at radius 1 is 0.857 bits per heavy atom. The second-order valence-electron chi connectivity index (χ2n) is 19.4. The minimum absolute atomic E-state index is 0.0533. The van der Waals surface area contributed by atoms with Crippen LogP contribution in [0.1, 0.15) is 93.9 Å². The van der Waals surface area contributed by atoms with Crippen LogP contribution in [0.4, 0.5) is 0 Å². The van der Waals surface area contributed by atoms with Gasteiger partial charge in [-0.2, -0.15) is 0 Å². The first-order valence-corrected chi connectivity index (χ1v) is 23.3. The summed E-state index contributed by atoms with van der Waals surface area (Å²) in [7, 11) is 3.20. The van der Waals surface area contributed by atoms with E-state index in [1.807, 2.05) is 32.9 Å². The van der Waals surface area contributed by atoms with E-state index in [2.05, 4.69) is 32.9 Å². The van der Waals surface area contributed by atoms with Crippen LogP contribution in [0.3, 0.4) is 0 Å². The second kappa shape index (κ2) is 20.0. The van der Waals surface area contributed by atoms with Crippen molar-refractivity contribution in [3.8, 4) is 0 Å². The molecule has 0 aromatic heterocycles. The van der Waals surface area contributed by atoms with Crippen molar-refractivity contribution in [1.29, 1.82) is 0 Å². The molecule has 1 spiro atoms. The lowest BCUT2D eigenvalue weighted by molar-refractivity contribution is -0.318. The zero-order valence-electron chi connectivity index (χ0n) is 38.7. The van der Waals surface area contributed by atoms with Gasteiger partial charge in [0, 0.05) is 57.7 Å². The van der Waals surface area contributed by atoms with E-state index in [0.717, 1.165) is 12.0 Å². The second-order valence-corrected chi connectivity index (χ2v) is 19.4. The van der Waals surface area contributed by atoms with Crippen molar-refractivity contribution in [2.45, 2.75) is 197 Å². The van der Waals surface area contributed by atoms with E-state index in [4.69, 9.17) is 47.4 Å². The molecule has 63 heavy (non-hydrogen) atoms. The topological polar surface area (TPSA) is 190 Å². The molecule has 0 aromatic rings. The summed E-state index contributed by atoms with van der Waals surface area (Å²) in [6, 6.07) is 0. The van der Waals surface area contributed by atoms with E-state index < -0.39 is 115 Å². The SMILES string of the molecule is CC[C@H](C)[C@H]1O[C@]2(C=C[C@@H]1C)C[C@@H]1C[C@@H](C/C=C(\C)[C@@H](O[C@H]3C[C@H](OC)[C@@H](O[C@H]4C[C@H](OC)[C@@H](O)[C@H](C)O4)[C@H](C)O3)[C@@H](C)/C=C/C=C3\CO[C@@H]4[C@H](O)[C@H](C)[C@@H](O)[C@@H](C(=O)O1)[C@]34O)O2. The smallest absolute Gasteiger partial charge is 0.315 e. The van der Waals surface area contributed by atoms with Crippen molar-refractivity contribution in [2.24, 2.45) is 29.6 Å². The molecule has 6 aliphatic heterocycles. The summed E-state index contributed by atoms with van der Waals surface area (Å²) >= 11 is 0. The molecule has 356 valence electrons. The largest absolute Gasteiger partial charge is 0.462 e. The Balaban J connectivity index is 1.19. The number of ether oxygens (including phenoxy) is 10. The Morgan fingerprint density at radius 3 is 2.27 bits per heavy atom. The first-order chi connectivity index (χ1) is 29.9. The molecule has 6 heterocycles. The Morgan fingerprint density at radius 2 is 1.56 bits per heavy atom. The van der Waals surface area contributed by atoms with Crippen LogP contribution in [0.25, 0.3) is 0 Å². The van der Waals surface area contributed by atoms with Gasteiger partial charge in [-0.15, -0.1) is 0 Å². The lowest BCUT2D eigenvalue weighted by atomic mass is 9.64. The average Bonchev–Trinajstić information content (AvgIpc) is 3.58. The van der Waals surface area contributed by atoms with Crippen LogP contribution in [0.2, 0.25) is 0 Å². The zero-order valence-corrected chi connectivity index (χ0v) is 38.7. The minimum atomic E-state index is -2.04. The monoisotopic (exact) mass is 891 g/mol. The third-order valence-corrected chi connectivity index (χ3v) is 15.1. The summed E-state index contributed by atoms with van der Waals surface area (Å²) in [6.45, 7) is 15.8. The number of carbonyl (C=O) groups excluding carboxylic acids is 1. The number of carbonyl (C=O) groups is 1. The van der Waals surface area contributed by atoms with Gasteiger partial charge in [-0.05, 0) is 50.3 Å². The van der Waals surface area contributed by atoms with Crippen molar-refractivity contribution in [3.05, 3.63) is 47.6 Å². The molecule has 4 saturated heterocycles. The summed E-state index contributed by atoms with van der Waals surface area (Å²) in [5.41, 5.74) is -0.752. The van der Waals surface area contributed by atoms with Crippen molar-refractivity contribution in [2.75, 3.05) is 20.8 Å². The molecule has 0 unspecified atom stereocenters. The fourth-order valence-electron chi connectivity index (χ4n) is 11.0. The highest BCUT2D eigenvalue weighted by Crippen LogP contribution is 2.49. The molecule has 1 saturated carbocycles. The number of aliphatic hydroxyl groups is 4. The highest BCUT2D eigenvalue weighted by atomic mass is 16.7. The fraction of sp³-hybridized carbons (Fsp3) is 0.812. The molecule has 1 aliphatic carbocycles.